The van der Waals surface area contributed by atoms with E-state index in [9.17, 15) is 9.59 Å². The van der Waals surface area contributed by atoms with E-state index in [4.69, 9.17) is 0 Å². The number of hydrogen-bond acceptors (Lipinski definition) is 4. The number of carbonyl (C=O) groups is 2. The molecule has 0 unspecified atom stereocenters. The molecule has 0 fully saturated rings. The predicted octanol–water partition coefficient (Wildman–Crippen LogP) is 10.6. The maximum atomic E-state index is 12.8. The molecule has 2 aliphatic rings. The molecule has 6 nitrogen and oxygen atoms in total. The van der Waals surface area contributed by atoms with Gasteiger partial charge < -0.3 is 20.4 Å². The lowest BCUT2D eigenvalue weighted by atomic mass is 10.0. The molecule has 2 aromatic carbocycles. The van der Waals surface area contributed by atoms with Crippen LogP contribution in [0.3, 0.4) is 0 Å². The molecule has 47 heavy (non-hydrogen) atoms. The van der Waals surface area contributed by atoms with E-state index in [0.29, 0.717) is 0 Å². The number of rotatable bonds is 22. The zero-order chi connectivity index (χ0) is 33.1. The van der Waals surface area contributed by atoms with Crippen molar-refractivity contribution in [3.63, 3.8) is 0 Å². The van der Waals surface area contributed by atoms with Crippen molar-refractivity contribution in [1.29, 1.82) is 0 Å². The van der Waals surface area contributed by atoms with E-state index in [-0.39, 0.29) is 18.2 Å². The molecule has 2 aliphatic heterocycles. The molecule has 0 spiro atoms. The molecule has 0 aliphatic carbocycles. The van der Waals surface area contributed by atoms with E-state index in [0.717, 1.165) is 48.7 Å². The maximum Gasteiger partial charge on any atom is 0.233 e. The summed E-state index contributed by atoms with van der Waals surface area (Å²) in [6.45, 7) is 8.47. The van der Waals surface area contributed by atoms with Crippen molar-refractivity contribution < 1.29 is 9.59 Å². The summed E-state index contributed by atoms with van der Waals surface area (Å²) in [7, 11) is 0. The van der Waals surface area contributed by atoms with E-state index in [1.807, 2.05) is 24.3 Å². The van der Waals surface area contributed by atoms with Gasteiger partial charge in [-0.15, -0.1) is 0 Å². The first kappa shape index (κ1) is 36.3. The largest absolute Gasteiger partial charge is 0.367 e. The number of fused-ring (bicyclic) bond motifs is 2. The Bertz CT molecular complexity index is 1220. The Labute approximate surface area is 285 Å². The predicted molar refractivity (Wildman–Crippen MR) is 202 cm³/mol. The Hall–Kier alpha value is -3.54. The molecule has 6 heteroatoms. The van der Waals surface area contributed by atoms with Crippen molar-refractivity contribution in [3.05, 3.63) is 59.7 Å². The van der Waals surface area contributed by atoms with Crippen molar-refractivity contribution in [2.24, 2.45) is 0 Å². The summed E-state index contributed by atoms with van der Waals surface area (Å²) < 4.78 is 0. The Kier molecular flexibility index (Phi) is 15.9. The number of benzene rings is 2. The van der Waals surface area contributed by atoms with Gasteiger partial charge in [0.1, 0.15) is 6.42 Å². The zero-order valence-corrected chi connectivity index (χ0v) is 29.3. The van der Waals surface area contributed by atoms with Gasteiger partial charge in [-0.3, -0.25) is 9.59 Å². The van der Waals surface area contributed by atoms with Crippen molar-refractivity contribution in [1.82, 2.24) is 0 Å². The highest BCUT2D eigenvalue weighted by Gasteiger charge is 2.17. The van der Waals surface area contributed by atoms with Crippen LogP contribution in [0.2, 0.25) is 0 Å². The molecule has 0 radical (unpaired) electrons. The summed E-state index contributed by atoms with van der Waals surface area (Å²) in [5, 5.41) is 5.86. The average molecular weight is 641 g/mol. The molecular weight excluding hydrogens is 580 g/mol. The molecule has 2 amide bonds. The monoisotopic (exact) mass is 640 g/mol. The smallest absolute Gasteiger partial charge is 0.233 e. The molecular formula is C41H60N4O2. The van der Waals surface area contributed by atoms with E-state index < -0.39 is 0 Å². The lowest BCUT2D eigenvalue weighted by molar-refractivity contribution is -0.123. The van der Waals surface area contributed by atoms with E-state index in [2.05, 4.69) is 70.7 Å². The van der Waals surface area contributed by atoms with Crippen molar-refractivity contribution in [2.45, 2.75) is 123 Å². The third-order valence-corrected chi connectivity index (χ3v) is 9.43. The SMILES string of the molecule is CCCCCCCCCCN1CC=Cc2cc(NC(=O)CC(=O)Nc3ccc4c(c3)C=CCN4CCCCCCCCCC)ccc21. The summed E-state index contributed by atoms with van der Waals surface area (Å²) in [6, 6.07) is 12.1. The van der Waals surface area contributed by atoms with Crippen molar-refractivity contribution in [3.8, 4) is 0 Å². The molecule has 2 N–H and O–H groups in total. The summed E-state index contributed by atoms with van der Waals surface area (Å²) in [5.74, 6) is -0.625. The highest BCUT2D eigenvalue weighted by molar-refractivity contribution is 6.08. The summed E-state index contributed by atoms with van der Waals surface area (Å²) in [4.78, 5) is 30.5. The van der Waals surface area contributed by atoms with Crippen LogP contribution in [0.4, 0.5) is 22.7 Å². The second-order valence-corrected chi connectivity index (χ2v) is 13.5. The van der Waals surface area contributed by atoms with E-state index >= 15 is 0 Å². The Balaban J connectivity index is 1.18. The van der Waals surface area contributed by atoms with Gasteiger partial charge in [0.05, 0.1) is 0 Å². The van der Waals surface area contributed by atoms with Crippen LogP contribution in [0.1, 0.15) is 134 Å². The average Bonchev–Trinajstić information content (AvgIpc) is 3.07. The molecule has 0 saturated heterocycles. The standard InChI is InChI=1S/C41H60N4O2/c1-3-5-7-9-11-13-15-17-27-44-29-19-21-34-31-36(23-25-38(34)44)42-40(46)33-41(47)43-37-24-26-39-35(32-37)22-20-30-45(39)28-18-16-14-12-10-8-6-4-2/h19-26,31-32H,3-18,27-30,33H2,1-2H3,(H,42,46)(H,43,47). The summed E-state index contributed by atoms with van der Waals surface area (Å²) >= 11 is 0. The first-order chi connectivity index (χ1) is 23.1. The van der Waals surface area contributed by atoms with E-state index in [1.54, 1.807) is 0 Å². The molecule has 0 bridgehead atoms. The lowest BCUT2D eigenvalue weighted by Crippen LogP contribution is -2.27. The normalized spacial score (nSPS) is 13.4. The fourth-order valence-corrected chi connectivity index (χ4v) is 6.77. The van der Waals surface area contributed by atoms with Crippen LogP contribution in [0, 0.1) is 0 Å². The van der Waals surface area contributed by atoms with Gasteiger partial charge in [-0.05, 0) is 60.4 Å². The van der Waals surface area contributed by atoms with Crippen molar-refractivity contribution >= 4 is 46.7 Å². The van der Waals surface area contributed by atoms with Gasteiger partial charge in [-0.1, -0.05) is 128 Å². The zero-order valence-electron chi connectivity index (χ0n) is 29.3. The second-order valence-electron chi connectivity index (χ2n) is 13.5. The summed E-state index contributed by atoms with van der Waals surface area (Å²) in [5.41, 5.74) is 6.08. The highest BCUT2D eigenvalue weighted by Crippen LogP contribution is 2.31. The molecule has 2 heterocycles. The second kappa shape index (κ2) is 20.6. The van der Waals surface area contributed by atoms with Gasteiger partial charge in [0.2, 0.25) is 11.8 Å². The van der Waals surface area contributed by atoms with Crippen LogP contribution in [0.25, 0.3) is 12.2 Å². The third kappa shape index (κ3) is 12.5. The van der Waals surface area contributed by atoms with E-state index in [1.165, 1.54) is 114 Å². The third-order valence-electron chi connectivity index (χ3n) is 9.43. The van der Waals surface area contributed by atoms with Crippen molar-refractivity contribution in [2.75, 3.05) is 46.6 Å². The minimum atomic E-state index is -0.313. The number of anilines is 4. The highest BCUT2D eigenvalue weighted by atomic mass is 16.2. The number of amides is 2. The first-order valence-corrected chi connectivity index (χ1v) is 18.8. The minimum absolute atomic E-state index is 0.227. The number of unbranched alkanes of at least 4 members (excludes halogenated alkanes) is 14. The van der Waals surface area contributed by atoms with Crippen LogP contribution in [0.15, 0.2) is 48.6 Å². The van der Waals surface area contributed by atoms with Crippen LogP contribution >= 0.6 is 0 Å². The molecule has 0 saturated carbocycles. The topological polar surface area (TPSA) is 64.7 Å². The van der Waals surface area contributed by atoms with Gasteiger partial charge in [0, 0.05) is 48.9 Å². The fraction of sp³-hybridized carbons (Fsp3) is 0.561. The number of nitrogens with zero attached hydrogens (tertiary/aromatic N) is 2. The van der Waals surface area contributed by atoms with Gasteiger partial charge in [0.15, 0.2) is 0 Å². The number of hydrogen-bond donors (Lipinski definition) is 2. The Morgan fingerprint density at radius 3 is 1.34 bits per heavy atom. The van der Waals surface area contributed by atoms with Gasteiger partial charge in [0.25, 0.3) is 0 Å². The molecule has 2 aromatic rings. The minimum Gasteiger partial charge on any atom is -0.367 e. The van der Waals surface area contributed by atoms with Crippen LogP contribution in [0.5, 0.6) is 0 Å². The quantitative estimate of drug-likeness (QED) is 0.0993. The molecule has 0 atom stereocenters. The Morgan fingerprint density at radius 1 is 0.553 bits per heavy atom. The van der Waals surface area contributed by atoms with Gasteiger partial charge in [-0.2, -0.15) is 0 Å². The maximum absolute atomic E-state index is 12.8. The molecule has 4 rings (SSSR count). The first-order valence-electron chi connectivity index (χ1n) is 18.8. The Morgan fingerprint density at radius 2 is 0.936 bits per heavy atom. The lowest BCUT2D eigenvalue weighted by Gasteiger charge is -2.28. The van der Waals surface area contributed by atoms with Crippen LogP contribution in [-0.4, -0.2) is 38.0 Å². The fourth-order valence-electron chi connectivity index (χ4n) is 6.77. The number of carbonyl (C=O) groups excluding carboxylic acids is 2. The van der Waals surface area contributed by atoms with Crippen LogP contribution in [-0.2, 0) is 9.59 Å². The van der Waals surface area contributed by atoms with Crippen LogP contribution < -0.4 is 20.4 Å². The summed E-state index contributed by atoms with van der Waals surface area (Å²) in [6.07, 6.45) is 29.5. The van der Waals surface area contributed by atoms with Gasteiger partial charge in [-0.25, -0.2) is 0 Å². The molecule has 256 valence electrons. The molecule has 0 aromatic heterocycles. The number of nitrogens with one attached hydrogen (secondary N) is 2. The van der Waals surface area contributed by atoms with Gasteiger partial charge >= 0.3 is 0 Å².